The van der Waals surface area contributed by atoms with Crippen LogP contribution in [0.1, 0.15) is 12.8 Å². The smallest absolute Gasteiger partial charge is 0.252 e. The van der Waals surface area contributed by atoms with Gasteiger partial charge in [0.2, 0.25) is 5.95 Å². The summed E-state index contributed by atoms with van der Waals surface area (Å²) >= 11 is 0. The van der Waals surface area contributed by atoms with E-state index in [-0.39, 0.29) is 12.2 Å². The average molecular weight is 325 g/mol. The molecule has 0 atom stereocenters. The van der Waals surface area contributed by atoms with Gasteiger partial charge in [0.15, 0.2) is 0 Å². The van der Waals surface area contributed by atoms with Crippen LogP contribution in [0.5, 0.6) is 0 Å². The molecule has 124 valence electrons. The summed E-state index contributed by atoms with van der Waals surface area (Å²) in [6, 6.07) is 5.34. The molecule has 7 nitrogen and oxygen atoms in total. The first-order chi connectivity index (χ1) is 11.7. The van der Waals surface area contributed by atoms with Gasteiger partial charge in [-0.1, -0.05) is 0 Å². The molecule has 4 heterocycles. The van der Waals surface area contributed by atoms with E-state index in [1.807, 2.05) is 18.3 Å². The second-order valence-corrected chi connectivity index (χ2v) is 6.17. The van der Waals surface area contributed by atoms with Crippen LogP contribution in [0.2, 0.25) is 0 Å². The zero-order valence-electron chi connectivity index (χ0n) is 13.2. The molecule has 0 aromatic carbocycles. The molecule has 1 fully saturated rings. The minimum Gasteiger partial charge on any atom is -0.396 e. The quantitative estimate of drug-likeness (QED) is 0.678. The van der Waals surface area contributed by atoms with E-state index in [1.165, 1.54) is 6.07 Å². The van der Waals surface area contributed by atoms with Gasteiger partial charge in [0, 0.05) is 49.1 Å². The number of aliphatic hydroxyl groups excluding tert-OH is 1. The maximum absolute atomic E-state index is 12.1. The maximum atomic E-state index is 12.1. The van der Waals surface area contributed by atoms with Crippen LogP contribution in [0.15, 0.2) is 35.4 Å². The fourth-order valence-corrected chi connectivity index (χ4v) is 3.23. The summed E-state index contributed by atoms with van der Waals surface area (Å²) in [5.41, 5.74) is 2.12. The largest absolute Gasteiger partial charge is 0.396 e. The molecule has 0 amide bonds. The van der Waals surface area contributed by atoms with Crippen LogP contribution >= 0.6 is 0 Å². The van der Waals surface area contributed by atoms with Gasteiger partial charge < -0.3 is 15.0 Å². The molecule has 1 saturated heterocycles. The number of aromatic amines is 2. The van der Waals surface area contributed by atoms with Crippen LogP contribution in [0, 0.1) is 5.92 Å². The Morgan fingerprint density at radius 1 is 1.33 bits per heavy atom. The number of anilines is 1. The van der Waals surface area contributed by atoms with Crippen molar-refractivity contribution >= 4 is 17.0 Å². The molecular weight excluding hydrogens is 306 g/mol. The topological polar surface area (TPSA) is 97.9 Å². The molecule has 0 unspecified atom stereocenters. The minimum atomic E-state index is -0.169. The average Bonchev–Trinajstić information content (AvgIpc) is 3.05. The van der Waals surface area contributed by atoms with Crippen LogP contribution in [0.4, 0.5) is 5.95 Å². The van der Waals surface area contributed by atoms with Gasteiger partial charge in [-0.05, 0) is 30.9 Å². The number of piperidine rings is 1. The Labute approximate surface area is 138 Å². The van der Waals surface area contributed by atoms with Crippen molar-refractivity contribution in [3.05, 3.63) is 40.9 Å². The number of H-pyrrole nitrogens is 2. The molecule has 3 aromatic heterocycles. The van der Waals surface area contributed by atoms with Gasteiger partial charge in [-0.2, -0.15) is 0 Å². The monoisotopic (exact) mass is 325 g/mol. The molecule has 0 saturated carbocycles. The molecule has 0 bridgehead atoms. The number of nitrogens with one attached hydrogen (secondary N) is 2. The highest BCUT2D eigenvalue weighted by Gasteiger charge is 2.21. The van der Waals surface area contributed by atoms with Crippen molar-refractivity contribution in [2.75, 3.05) is 24.6 Å². The van der Waals surface area contributed by atoms with Gasteiger partial charge in [0.1, 0.15) is 5.65 Å². The first kappa shape index (κ1) is 14.9. The number of aliphatic hydroxyl groups is 1. The molecular formula is C17H19N5O2. The molecule has 4 rings (SSSR count). The summed E-state index contributed by atoms with van der Waals surface area (Å²) in [4.78, 5) is 29.1. The molecule has 1 aliphatic heterocycles. The highest BCUT2D eigenvalue weighted by Crippen LogP contribution is 2.27. The van der Waals surface area contributed by atoms with Crippen LogP contribution in [-0.2, 0) is 0 Å². The Morgan fingerprint density at radius 3 is 2.96 bits per heavy atom. The van der Waals surface area contributed by atoms with Crippen molar-refractivity contribution in [1.29, 1.82) is 0 Å². The molecule has 0 radical (unpaired) electrons. The van der Waals surface area contributed by atoms with E-state index >= 15 is 0 Å². The lowest BCUT2D eigenvalue weighted by Gasteiger charge is -2.31. The molecule has 24 heavy (non-hydrogen) atoms. The molecule has 0 spiro atoms. The molecule has 1 aliphatic rings. The van der Waals surface area contributed by atoms with Crippen molar-refractivity contribution in [1.82, 2.24) is 19.9 Å². The minimum absolute atomic E-state index is 0.169. The maximum Gasteiger partial charge on any atom is 0.252 e. The summed E-state index contributed by atoms with van der Waals surface area (Å²) < 4.78 is 0. The zero-order chi connectivity index (χ0) is 16.5. The first-order valence-electron chi connectivity index (χ1n) is 8.14. The Kier molecular flexibility index (Phi) is 3.78. The lowest BCUT2D eigenvalue weighted by Crippen LogP contribution is -2.36. The second-order valence-electron chi connectivity index (χ2n) is 6.17. The third kappa shape index (κ3) is 2.67. The van der Waals surface area contributed by atoms with Gasteiger partial charge in [-0.3, -0.25) is 9.78 Å². The number of fused-ring (bicyclic) bond motifs is 1. The fourth-order valence-electron chi connectivity index (χ4n) is 3.23. The van der Waals surface area contributed by atoms with Crippen molar-refractivity contribution in [3.63, 3.8) is 0 Å². The highest BCUT2D eigenvalue weighted by molar-refractivity contribution is 5.92. The predicted molar refractivity (Wildman–Crippen MR) is 92.0 cm³/mol. The van der Waals surface area contributed by atoms with Crippen LogP contribution in [-0.4, -0.2) is 44.7 Å². The van der Waals surface area contributed by atoms with Crippen LogP contribution in [0.25, 0.3) is 22.3 Å². The first-order valence-corrected chi connectivity index (χ1v) is 8.14. The van der Waals surface area contributed by atoms with E-state index in [0.29, 0.717) is 17.6 Å². The van der Waals surface area contributed by atoms with E-state index < -0.39 is 0 Å². The summed E-state index contributed by atoms with van der Waals surface area (Å²) in [6.07, 6.45) is 5.37. The molecule has 3 N–H and O–H groups in total. The van der Waals surface area contributed by atoms with Gasteiger partial charge >= 0.3 is 0 Å². The molecule has 7 heteroatoms. The van der Waals surface area contributed by atoms with Crippen molar-refractivity contribution in [3.8, 4) is 11.3 Å². The van der Waals surface area contributed by atoms with E-state index in [2.05, 4.69) is 24.8 Å². The van der Waals surface area contributed by atoms with Crippen molar-refractivity contribution < 1.29 is 5.11 Å². The van der Waals surface area contributed by atoms with Gasteiger partial charge in [0.05, 0.1) is 5.69 Å². The number of rotatable bonds is 3. The third-order valence-corrected chi connectivity index (χ3v) is 4.63. The molecule has 0 aliphatic carbocycles. The molecule has 3 aromatic rings. The highest BCUT2D eigenvalue weighted by atomic mass is 16.3. The predicted octanol–water partition coefficient (Wildman–Crippen LogP) is 1.52. The Balaban J connectivity index is 1.71. The van der Waals surface area contributed by atoms with Gasteiger partial charge in [-0.25, -0.2) is 9.97 Å². The lowest BCUT2D eigenvalue weighted by atomic mass is 9.98. The normalized spacial score (nSPS) is 16.0. The van der Waals surface area contributed by atoms with Gasteiger partial charge in [-0.15, -0.1) is 0 Å². The second kappa shape index (κ2) is 6.09. The Bertz CT molecular complexity index is 908. The van der Waals surface area contributed by atoms with E-state index in [0.717, 1.165) is 42.5 Å². The summed E-state index contributed by atoms with van der Waals surface area (Å²) in [7, 11) is 0. The van der Waals surface area contributed by atoms with E-state index in [1.54, 1.807) is 6.20 Å². The number of hydrogen-bond donors (Lipinski definition) is 3. The van der Waals surface area contributed by atoms with Crippen molar-refractivity contribution in [2.24, 2.45) is 5.92 Å². The lowest BCUT2D eigenvalue weighted by molar-refractivity contribution is 0.202. The van der Waals surface area contributed by atoms with Crippen LogP contribution in [0.3, 0.4) is 0 Å². The summed E-state index contributed by atoms with van der Waals surface area (Å²) in [6.45, 7) is 1.79. The van der Waals surface area contributed by atoms with E-state index in [9.17, 15) is 9.90 Å². The van der Waals surface area contributed by atoms with E-state index in [4.69, 9.17) is 0 Å². The fraction of sp³-hybridized carbons (Fsp3) is 0.353. The van der Waals surface area contributed by atoms with Crippen molar-refractivity contribution in [2.45, 2.75) is 12.8 Å². The number of aromatic nitrogens is 4. The standard InChI is InChI=1S/C17H19N5O2/c23-10-11-3-6-22(7-4-11)17-20-14(8-15(24)21-17)13-9-19-16-12(13)2-1-5-18-16/h1-2,5,8-9,11,23H,3-4,6-7,10H2,(H,18,19)(H,20,21,24). The summed E-state index contributed by atoms with van der Waals surface area (Å²) in [5.74, 6) is 0.933. The Hall–Kier alpha value is -2.67. The van der Waals surface area contributed by atoms with Gasteiger partial charge in [0.25, 0.3) is 5.56 Å². The third-order valence-electron chi connectivity index (χ3n) is 4.63. The van der Waals surface area contributed by atoms with Crippen LogP contribution < -0.4 is 10.5 Å². The number of pyridine rings is 1. The number of hydrogen-bond acceptors (Lipinski definition) is 5. The SMILES string of the molecule is O=c1cc(-c2c[nH]c3ncccc23)nc(N2CCC(CO)CC2)[nH]1. The zero-order valence-corrected chi connectivity index (χ0v) is 13.2. The number of nitrogens with zero attached hydrogens (tertiary/aromatic N) is 3. The summed E-state index contributed by atoms with van der Waals surface area (Å²) in [5, 5.41) is 10.2. The Morgan fingerprint density at radius 2 is 2.17 bits per heavy atom.